The van der Waals surface area contributed by atoms with Gasteiger partial charge in [0.05, 0.1) is 0 Å². The SMILES string of the molecule is Cn1ccnc1C(NC(=O)c1csc(-c2ccc(Cl)cc2)n1)c1ccccc1. The normalized spacial score (nSPS) is 11.9. The molecule has 0 spiro atoms. The van der Waals surface area contributed by atoms with Gasteiger partial charge in [0.2, 0.25) is 0 Å². The minimum absolute atomic E-state index is 0.242. The van der Waals surface area contributed by atoms with Gasteiger partial charge in [-0.15, -0.1) is 11.3 Å². The molecule has 1 atom stereocenters. The summed E-state index contributed by atoms with van der Waals surface area (Å²) < 4.78 is 1.90. The summed E-state index contributed by atoms with van der Waals surface area (Å²) in [6, 6.07) is 16.8. The number of hydrogen-bond donors (Lipinski definition) is 1. The fourth-order valence-corrected chi connectivity index (χ4v) is 3.84. The number of benzene rings is 2. The zero-order chi connectivity index (χ0) is 19.5. The Balaban J connectivity index is 1.60. The topological polar surface area (TPSA) is 59.8 Å². The van der Waals surface area contributed by atoms with Crippen LogP contribution in [0.15, 0.2) is 72.4 Å². The van der Waals surface area contributed by atoms with E-state index in [-0.39, 0.29) is 11.9 Å². The summed E-state index contributed by atoms with van der Waals surface area (Å²) >= 11 is 7.37. The average molecular weight is 409 g/mol. The van der Waals surface area contributed by atoms with Crippen LogP contribution in [0.3, 0.4) is 0 Å². The third kappa shape index (κ3) is 3.83. The van der Waals surface area contributed by atoms with E-state index in [2.05, 4.69) is 15.3 Å². The zero-order valence-electron chi connectivity index (χ0n) is 15.0. The van der Waals surface area contributed by atoms with Crippen LogP contribution in [0.4, 0.5) is 0 Å². The van der Waals surface area contributed by atoms with Crippen molar-refractivity contribution in [3.63, 3.8) is 0 Å². The molecule has 1 unspecified atom stereocenters. The second-order valence-corrected chi connectivity index (χ2v) is 7.55. The maximum atomic E-state index is 12.9. The highest BCUT2D eigenvalue weighted by atomic mass is 35.5. The van der Waals surface area contributed by atoms with E-state index in [0.29, 0.717) is 10.7 Å². The number of rotatable bonds is 5. The second kappa shape index (κ2) is 7.96. The minimum atomic E-state index is -0.366. The monoisotopic (exact) mass is 408 g/mol. The van der Waals surface area contributed by atoms with Crippen molar-refractivity contribution >= 4 is 28.8 Å². The zero-order valence-corrected chi connectivity index (χ0v) is 16.6. The van der Waals surface area contributed by atoms with Crippen LogP contribution < -0.4 is 5.32 Å². The number of halogens is 1. The fourth-order valence-electron chi connectivity index (χ4n) is 2.91. The lowest BCUT2D eigenvalue weighted by Crippen LogP contribution is -2.31. The molecule has 1 amide bonds. The number of amides is 1. The van der Waals surface area contributed by atoms with Gasteiger partial charge in [-0.3, -0.25) is 4.79 Å². The van der Waals surface area contributed by atoms with E-state index in [4.69, 9.17) is 11.6 Å². The first-order valence-corrected chi connectivity index (χ1v) is 9.92. The molecule has 0 aliphatic heterocycles. The van der Waals surface area contributed by atoms with Gasteiger partial charge in [0.1, 0.15) is 22.6 Å². The van der Waals surface area contributed by atoms with Crippen molar-refractivity contribution in [1.82, 2.24) is 19.9 Å². The van der Waals surface area contributed by atoms with Gasteiger partial charge in [-0.05, 0) is 17.7 Å². The summed E-state index contributed by atoms with van der Waals surface area (Å²) in [5.74, 6) is 0.515. The molecule has 28 heavy (non-hydrogen) atoms. The molecule has 0 fully saturated rings. The van der Waals surface area contributed by atoms with Crippen LogP contribution >= 0.6 is 22.9 Å². The third-order valence-electron chi connectivity index (χ3n) is 4.35. The maximum absolute atomic E-state index is 12.9. The Kier molecular flexibility index (Phi) is 5.23. The van der Waals surface area contributed by atoms with Crippen LogP contribution in [-0.2, 0) is 7.05 Å². The number of nitrogens with zero attached hydrogens (tertiary/aromatic N) is 3. The predicted octanol–water partition coefficient (Wildman–Crippen LogP) is 4.72. The van der Waals surface area contributed by atoms with Gasteiger partial charge in [0.15, 0.2) is 0 Å². The Labute approximate surface area is 171 Å². The first-order valence-electron chi connectivity index (χ1n) is 8.66. The highest BCUT2D eigenvalue weighted by Crippen LogP contribution is 2.26. The first-order chi connectivity index (χ1) is 13.6. The summed E-state index contributed by atoms with van der Waals surface area (Å²) in [6.45, 7) is 0. The van der Waals surface area contributed by atoms with E-state index in [0.717, 1.165) is 22.0 Å². The molecule has 0 saturated carbocycles. The van der Waals surface area contributed by atoms with Crippen molar-refractivity contribution in [1.29, 1.82) is 0 Å². The van der Waals surface area contributed by atoms with Crippen molar-refractivity contribution < 1.29 is 4.79 Å². The van der Waals surface area contributed by atoms with Crippen LogP contribution in [-0.4, -0.2) is 20.4 Å². The molecule has 0 aliphatic carbocycles. The Morgan fingerprint density at radius 1 is 1.14 bits per heavy atom. The van der Waals surface area contributed by atoms with Crippen molar-refractivity contribution in [3.05, 3.63) is 94.5 Å². The number of imidazole rings is 1. The molecule has 2 aromatic carbocycles. The summed E-state index contributed by atoms with van der Waals surface area (Å²) in [7, 11) is 1.91. The van der Waals surface area contributed by atoms with E-state index in [9.17, 15) is 4.79 Å². The van der Waals surface area contributed by atoms with Crippen molar-refractivity contribution in [2.75, 3.05) is 0 Å². The molecule has 140 valence electrons. The van der Waals surface area contributed by atoms with Gasteiger partial charge >= 0.3 is 0 Å². The van der Waals surface area contributed by atoms with E-state index < -0.39 is 0 Å². The van der Waals surface area contributed by atoms with E-state index in [1.54, 1.807) is 11.6 Å². The number of nitrogens with one attached hydrogen (secondary N) is 1. The minimum Gasteiger partial charge on any atom is -0.337 e. The van der Waals surface area contributed by atoms with Crippen LogP contribution in [0.1, 0.15) is 27.9 Å². The molecule has 5 nitrogen and oxygen atoms in total. The molecule has 7 heteroatoms. The lowest BCUT2D eigenvalue weighted by Gasteiger charge is -2.18. The standard InChI is InChI=1S/C21H17ClN4OS/c1-26-12-11-23-19(26)18(14-5-3-2-4-6-14)25-20(27)17-13-28-21(24-17)15-7-9-16(22)10-8-15/h2-13,18H,1H3,(H,25,27). The molecule has 1 N–H and O–H groups in total. The maximum Gasteiger partial charge on any atom is 0.271 e. The number of aromatic nitrogens is 3. The Hall–Kier alpha value is -2.96. The average Bonchev–Trinajstić information content (AvgIpc) is 3.37. The van der Waals surface area contributed by atoms with Gasteiger partial charge in [0, 0.05) is 35.4 Å². The lowest BCUT2D eigenvalue weighted by atomic mass is 10.1. The molecule has 2 heterocycles. The highest BCUT2D eigenvalue weighted by molar-refractivity contribution is 7.13. The Bertz CT molecular complexity index is 1090. The van der Waals surface area contributed by atoms with Gasteiger partial charge in [-0.25, -0.2) is 9.97 Å². The van der Waals surface area contributed by atoms with Gasteiger partial charge in [-0.2, -0.15) is 0 Å². The number of thiazole rings is 1. The fraction of sp³-hybridized carbons (Fsp3) is 0.0952. The van der Waals surface area contributed by atoms with Gasteiger partial charge in [0.25, 0.3) is 5.91 Å². The van der Waals surface area contributed by atoms with Crippen LogP contribution in [0, 0.1) is 0 Å². The molecule has 4 rings (SSSR count). The van der Waals surface area contributed by atoms with E-state index in [1.807, 2.05) is 72.4 Å². The third-order valence-corrected chi connectivity index (χ3v) is 5.50. The quantitative estimate of drug-likeness (QED) is 0.520. The van der Waals surface area contributed by atoms with E-state index >= 15 is 0 Å². The number of carbonyl (C=O) groups excluding carboxylic acids is 1. The highest BCUT2D eigenvalue weighted by Gasteiger charge is 2.22. The van der Waals surface area contributed by atoms with Crippen molar-refractivity contribution in [2.24, 2.45) is 7.05 Å². The van der Waals surface area contributed by atoms with Gasteiger partial charge < -0.3 is 9.88 Å². The van der Waals surface area contributed by atoms with E-state index in [1.165, 1.54) is 11.3 Å². The van der Waals surface area contributed by atoms with Crippen LogP contribution in [0.5, 0.6) is 0 Å². The Morgan fingerprint density at radius 2 is 1.89 bits per heavy atom. The molecule has 0 radical (unpaired) electrons. The molecule has 4 aromatic rings. The predicted molar refractivity (Wildman–Crippen MR) is 112 cm³/mol. The van der Waals surface area contributed by atoms with Gasteiger partial charge in [-0.1, -0.05) is 54.1 Å². The number of aryl methyl sites for hydroxylation is 1. The molecular weight excluding hydrogens is 392 g/mol. The Morgan fingerprint density at radius 3 is 2.57 bits per heavy atom. The summed E-state index contributed by atoms with van der Waals surface area (Å²) in [5.41, 5.74) is 2.26. The molecule has 2 aromatic heterocycles. The largest absolute Gasteiger partial charge is 0.337 e. The molecule has 0 saturated heterocycles. The summed E-state index contributed by atoms with van der Waals surface area (Å²) in [5, 5.41) is 6.27. The number of hydrogen-bond acceptors (Lipinski definition) is 4. The number of carbonyl (C=O) groups is 1. The molecular formula is C21H17ClN4OS. The summed E-state index contributed by atoms with van der Waals surface area (Å²) in [4.78, 5) is 21.8. The van der Waals surface area contributed by atoms with Crippen molar-refractivity contribution in [2.45, 2.75) is 6.04 Å². The first kappa shape index (κ1) is 18.4. The van der Waals surface area contributed by atoms with Crippen LogP contribution in [0.2, 0.25) is 5.02 Å². The van der Waals surface area contributed by atoms with Crippen LogP contribution in [0.25, 0.3) is 10.6 Å². The second-order valence-electron chi connectivity index (χ2n) is 6.26. The lowest BCUT2D eigenvalue weighted by molar-refractivity contribution is 0.0937. The molecule has 0 bridgehead atoms. The van der Waals surface area contributed by atoms with Crippen molar-refractivity contribution in [3.8, 4) is 10.6 Å². The smallest absolute Gasteiger partial charge is 0.271 e. The summed E-state index contributed by atoms with van der Waals surface area (Å²) in [6.07, 6.45) is 3.58. The molecule has 0 aliphatic rings.